The molecular weight excluding hydrogens is 557 g/mol. The molecule has 0 radical (unpaired) electrons. The van der Waals surface area contributed by atoms with Gasteiger partial charge < -0.3 is 4.42 Å². The molecule has 0 aliphatic carbocycles. The van der Waals surface area contributed by atoms with E-state index >= 15 is 0 Å². The van der Waals surface area contributed by atoms with Gasteiger partial charge in [0.15, 0.2) is 5.82 Å². The third-order valence-electron chi connectivity index (χ3n) is 8.31. The molecule has 44 heavy (non-hydrogen) atoms. The van der Waals surface area contributed by atoms with E-state index in [1.807, 2.05) is 35.6 Å². The smallest absolute Gasteiger partial charge is 0.161 e. The first-order valence-electron chi connectivity index (χ1n) is 14.7. The molecule has 9 rings (SSSR count). The number of furan rings is 1. The number of fused-ring (bicyclic) bond motifs is 6. The number of hydrogen-bond donors (Lipinski definition) is 0. The lowest BCUT2D eigenvalue weighted by molar-refractivity contribution is 0.669. The van der Waals surface area contributed by atoms with Crippen LogP contribution >= 0.6 is 11.3 Å². The molecule has 3 aromatic heterocycles. The molecule has 0 saturated carbocycles. The summed E-state index contributed by atoms with van der Waals surface area (Å²) < 4.78 is 8.67. The fraction of sp³-hybridized carbons (Fsp3) is 0. The molecule has 0 fully saturated rings. The van der Waals surface area contributed by atoms with Crippen LogP contribution in [0.3, 0.4) is 0 Å². The highest BCUT2D eigenvalue weighted by Crippen LogP contribution is 2.42. The number of aromatic nitrogens is 2. The minimum absolute atomic E-state index is 0.726. The van der Waals surface area contributed by atoms with E-state index in [0.717, 1.165) is 67.0 Å². The van der Waals surface area contributed by atoms with Crippen molar-refractivity contribution in [2.75, 3.05) is 0 Å². The zero-order chi connectivity index (χ0) is 29.0. The molecule has 0 spiro atoms. The molecule has 0 aliphatic heterocycles. The predicted molar refractivity (Wildman–Crippen MR) is 184 cm³/mol. The Balaban J connectivity index is 1.24. The lowest BCUT2D eigenvalue weighted by Gasteiger charge is -2.10. The Bertz CT molecular complexity index is 2440. The van der Waals surface area contributed by atoms with Crippen LogP contribution in [-0.2, 0) is 0 Å². The largest absolute Gasteiger partial charge is 0.456 e. The highest BCUT2D eigenvalue weighted by molar-refractivity contribution is 7.26. The minimum atomic E-state index is 0.726. The zero-order valence-electron chi connectivity index (χ0n) is 23.6. The summed E-state index contributed by atoms with van der Waals surface area (Å²) in [5, 5.41) is 4.67. The number of nitrogens with zero attached hydrogens (tertiary/aromatic N) is 2. The minimum Gasteiger partial charge on any atom is -0.456 e. The van der Waals surface area contributed by atoms with Gasteiger partial charge in [0, 0.05) is 47.6 Å². The second-order valence-electron chi connectivity index (χ2n) is 11.0. The van der Waals surface area contributed by atoms with Crippen LogP contribution in [-0.4, -0.2) is 9.97 Å². The molecule has 0 aliphatic rings. The van der Waals surface area contributed by atoms with E-state index in [9.17, 15) is 0 Å². The third kappa shape index (κ3) is 4.11. The van der Waals surface area contributed by atoms with Crippen molar-refractivity contribution in [3.8, 4) is 45.0 Å². The van der Waals surface area contributed by atoms with Crippen LogP contribution in [0.25, 0.3) is 87.1 Å². The molecule has 3 nitrogen and oxygen atoms in total. The molecule has 206 valence electrons. The predicted octanol–water partition coefficient (Wildman–Crippen LogP) is 11.4. The van der Waals surface area contributed by atoms with Gasteiger partial charge in [0.2, 0.25) is 0 Å². The first-order chi connectivity index (χ1) is 21.8. The topological polar surface area (TPSA) is 38.9 Å². The van der Waals surface area contributed by atoms with Crippen molar-refractivity contribution in [3.63, 3.8) is 0 Å². The van der Waals surface area contributed by atoms with Gasteiger partial charge >= 0.3 is 0 Å². The van der Waals surface area contributed by atoms with Gasteiger partial charge in [-0.2, -0.15) is 0 Å². The molecule has 0 bridgehead atoms. The van der Waals surface area contributed by atoms with E-state index in [0.29, 0.717) is 0 Å². The maximum atomic E-state index is 6.22. The standard InChI is InChI=1S/C40H24N2OS/c1-3-10-25(11-4-1)33-24-34(26-12-5-2-6-13-26)42-40(41-33)31-15-9-17-38-39(31)32-22-27(19-21-37(32)44-38)28-18-20-30-29-14-7-8-16-35(29)43-36(30)23-28/h1-24H. The number of thiophene rings is 1. The van der Waals surface area contributed by atoms with Crippen molar-refractivity contribution in [1.82, 2.24) is 9.97 Å². The Hall–Kier alpha value is -5.58. The summed E-state index contributed by atoms with van der Waals surface area (Å²) in [5.41, 5.74) is 9.08. The molecular formula is C40H24N2OS. The average Bonchev–Trinajstić information content (AvgIpc) is 3.66. The van der Waals surface area contributed by atoms with Crippen LogP contribution < -0.4 is 0 Å². The summed E-state index contributed by atoms with van der Waals surface area (Å²) in [4.78, 5) is 10.3. The summed E-state index contributed by atoms with van der Waals surface area (Å²) in [7, 11) is 0. The number of hydrogen-bond acceptors (Lipinski definition) is 4. The molecule has 0 atom stereocenters. The molecule has 3 heterocycles. The van der Waals surface area contributed by atoms with Gasteiger partial charge in [-0.3, -0.25) is 0 Å². The highest BCUT2D eigenvalue weighted by Gasteiger charge is 2.17. The normalized spacial score (nSPS) is 11.6. The lowest BCUT2D eigenvalue weighted by atomic mass is 9.99. The van der Waals surface area contributed by atoms with Crippen LogP contribution in [0, 0.1) is 0 Å². The van der Waals surface area contributed by atoms with Gasteiger partial charge in [0.25, 0.3) is 0 Å². The average molecular weight is 581 g/mol. The monoisotopic (exact) mass is 580 g/mol. The van der Waals surface area contributed by atoms with Gasteiger partial charge in [-0.15, -0.1) is 11.3 Å². The third-order valence-corrected chi connectivity index (χ3v) is 9.45. The SMILES string of the molecule is c1ccc(-c2cc(-c3ccccc3)nc(-c3cccc4sc5ccc(-c6ccc7c(c6)oc6ccccc67)cc5c34)n2)cc1. The van der Waals surface area contributed by atoms with Crippen LogP contribution in [0.4, 0.5) is 0 Å². The summed E-state index contributed by atoms with van der Waals surface area (Å²) in [5.74, 6) is 0.726. The zero-order valence-corrected chi connectivity index (χ0v) is 24.4. The van der Waals surface area contributed by atoms with Crippen molar-refractivity contribution in [1.29, 1.82) is 0 Å². The summed E-state index contributed by atoms with van der Waals surface area (Å²) in [6.45, 7) is 0. The number of rotatable bonds is 4. The van der Waals surface area contributed by atoms with Crippen molar-refractivity contribution >= 4 is 53.4 Å². The molecule has 6 aromatic carbocycles. The van der Waals surface area contributed by atoms with Crippen LogP contribution in [0.1, 0.15) is 0 Å². The second kappa shape index (κ2) is 10.0. The molecule has 0 saturated heterocycles. The first kappa shape index (κ1) is 25.0. The van der Waals surface area contributed by atoms with E-state index in [1.54, 1.807) is 0 Å². The highest BCUT2D eigenvalue weighted by atomic mass is 32.1. The molecule has 9 aromatic rings. The van der Waals surface area contributed by atoms with E-state index in [-0.39, 0.29) is 0 Å². The van der Waals surface area contributed by atoms with Crippen LogP contribution in [0.15, 0.2) is 150 Å². The summed E-state index contributed by atoms with van der Waals surface area (Å²) >= 11 is 1.81. The van der Waals surface area contributed by atoms with Gasteiger partial charge in [-0.1, -0.05) is 103 Å². The Morgan fingerprint density at radius 2 is 1.09 bits per heavy atom. The number of para-hydroxylation sites is 1. The van der Waals surface area contributed by atoms with Crippen LogP contribution in [0.5, 0.6) is 0 Å². The Morgan fingerprint density at radius 1 is 0.432 bits per heavy atom. The molecule has 0 unspecified atom stereocenters. The van der Waals surface area contributed by atoms with E-state index in [4.69, 9.17) is 14.4 Å². The molecule has 0 N–H and O–H groups in total. The van der Waals surface area contributed by atoms with Crippen molar-refractivity contribution in [3.05, 3.63) is 146 Å². The second-order valence-corrected chi connectivity index (χ2v) is 12.1. The number of benzene rings is 6. The first-order valence-corrected chi connectivity index (χ1v) is 15.5. The van der Waals surface area contributed by atoms with Crippen molar-refractivity contribution in [2.45, 2.75) is 0 Å². The fourth-order valence-corrected chi connectivity index (χ4v) is 7.29. The molecule has 0 amide bonds. The van der Waals surface area contributed by atoms with Gasteiger partial charge in [0.05, 0.1) is 11.4 Å². The maximum absolute atomic E-state index is 6.22. The molecule has 4 heteroatoms. The maximum Gasteiger partial charge on any atom is 0.161 e. The summed E-state index contributed by atoms with van der Waals surface area (Å²) in [6.07, 6.45) is 0. The van der Waals surface area contributed by atoms with E-state index < -0.39 is 0 Å². The lowest BCUT2D eigenvalue weighted by Crippen LogP contribution is -1.96. The summed E-state index contributed by atoms with van der Waals surface area (Å²) in [6, 6.07) is 50.7. The van der Waals surface area contributed by atoms with Crippen molar-refractivity contribution < 1.29 is 4.42 Å². The van der Waals surface area contributed by atoms with Gasteiger partial charge in [-0.05, 0) is 53.6 Å². The van der Waals surface area contributed by atoms with Crippen LogP contribution in [0.2, 0.25) is 0 Å². The Morgan fingerprint density at radius 3 is 1.86 bits per heavy atom. The van der Waals surface area contributed by atoms with E-state index in [1.165, 1.54) is 20.2 Å². The van der Waals surface area contributed by atoms with E-state index in [2.05, 4.69) is 121 Å². The fourth-order valence-electron chi connectivity index (χ4n) is 6.18. The van der Waals surface area contributed by atoms with Gasteiger partial charge in [0.1, 0.15) is 11.2 Å². The Kier molecular flexibility index (Phi) is 5.68. The van der Waals surface area contributed by atoms with Gasteiger partial charge in [-0.25, -0.2) is 9.97 Å². The Labute approximate surface area is 257 Å². The van der Waals surface area contributed by atoms with Crippen molar-refractivity contribution in [2.24, 2.45) is 0 Å². The quantitative estimate of drug-likeness (QED) is 0.208.